The van der Waals surface area contributed by atoms with E-state index in [4.69, 9.17) is 11.6 Å². The van der Waals surface area contributed by atoms with E-state index in [1.807, 2.05) is 13.8 Å². The van der Waals surface area contributed by atoms with E-state index in [0.29, 0.717) is 41.3 Å². The Morgan fingerprint density at radius 1 is 1.06 bits per heavy atom. The molecule has 2 amide bonds. The van der Waals surface area contributed by atoms with Crippen LogP contribution in [-0.4, -0.2) is 38.6 Å². The van der Waals surface area contributed by atoms with Crippen LogP contribution < -0.4 is 14.9 Å². The molecule has 0 aromatic heterocycles. The lowest BCUT2D eigenvalue weighted by Gasteiger charge is -2.21. The average Bonchev–Trinajstić information content (AvgIpc) is 3.07. The van der Waals surface area contributed by atoms with Crippen molar-refractivity contribution in [3.8, 4) is 0 Å². The van der Waals surface area contributed by atoms with E-state index in [1.54, 1.807) is 48.5 Å². The first-order valence-electron chi connectivity index (χ1n) is 10.1. The Morgan fingerprint density at radius 2 is 1.71 bits per heavy atom. The molecule has 9 heteroatoms. The molecule has 2 N–H and O–H groups in total. The normalized spacial score (nSPS) is 16.2. The van der Waals surface area contributed by atoms with Crippen LogP contribution >= 0.6 is 11.6 Å². The Morgan fingerprint density at radius 3 is 2.26 bits per heavy atom. The van der Waals surface area contributed by atoms with E-state index >= 15 is 0 Å². The van der Waals surface area contributed by atoms with Gasteiger partial charge in [-0.1, -0.05) is 25.4 Å². The molecule has 1 atom stereocenters. The van der Waals surface area contributed by atoms with E-state index in [0.717, 1.165) is 0 Å². The molecule has 1 unspecified atom stereocenters. The third-order valence-electron chi connectivity index (χ3n) is 4.96. The number of amides is 2. The van der Waals surface area contributed by atoms with E-state index in [-0.39, 0.29) is 23.5 Å². The second-order valence-corrected chi connectivity index (χ2v) is 10.4. The molecule has 1 saturated heterocycles. The highest BCUT2D eigenvalue weighted by molar-refractivity contribution is 7.93. The van der Waals surface area contributed by atoms with Gasteiger partial charge < -0.3 is 10.6 Å². The maximum Gasteiger partial charge on any atom is 0.251 e. The molecule has 1 fully saturated rings. The van der Waals surface area contributed by atoms with Gasteiger partial charge in [0.25, 0.3) is 5.91 Å². The summed E-state index contributed by atoms with van der Waals surface area (Å²) in [5, 5.41) is 6.12. The van der Waals surface area contributed by atoms with E-state index in [9.17, 15) is 18.0 Å². The summed E-state index contributed by atoms with van der Waals surface area (Å²) in [6, 6.07) is 12.4. The van der Waals surface area contributed by atoms with Gasteiger partial charge in [-0.15, -0.1) is 0 Å². The monoisotopic (exact) mass is 463 g/mol. The fourth-order valence-corrected chi connectivity index (χ4v) is 5.11. The second-order valence-electron chi connectivity index (χ2n) is 7.94. The summed E-state index contributed by atoms with van der Waals surface area (Å²) in [7, 11) is -3.26. The zero-order valence-electron chi connectivity index (χ0n) is 17.5. The number of halogens is 1. The molecule has 0 bridgehead atoms. The van der Waals surface area contributed by atoms with Gasteiger partial charge in [0.05, 0.1) is 11.4 Å². The Balaban J connectivity index is 1.68. The second kappa shape index (κ2) is 9.70. The number of sulfonamides is 1. The molecule has 2 aromatic carbocycles. The number of anilines is 2. The molecule has 0 aliphatic carbocycles. The predicted molar refractivity (Wildman–Crippen MR) is 123 cm³/mol. The van der Waals surface area contributed by atoms with Crippen molar-refractivity contribution in [2.24, 2.45) is 5.92 Å². The first-order chi connectivity index (χ1) is 14.7. The largest absolute Gasteiger partial charge is 0.340 e. The molecule has 1 heterocycles. The van der Waals surface area contributed by atoms with Crippen molar-refractivity contribution >= 4 is 44.8 Å². The number of nitrogens with zero attached hydrogens (tertiary/aromatic N) is 1. The number of hydrogen-bond donors (Lipinski definition) is 2. The molecule has 31 heavy (non-hydrogen) atoms. The van der Waals surface area contributed by atoms with Gasteiger partial charge in [-0.2, -0.15) is 0 Å². The summed E-state index contributed by atoms with van der Waals surface area (Å²) in [5.41, 5.74) is 1.52. The maximum atomic E-state index is 12.9. The van der Waals surface area contributed by atoms with Crippen molar-refractivity contribution < 1.29 is 18.0 Å². The van der Waals surface area contributed by atoms with Crippen LogP contribution in [0.3, 0.4) is 0 Å². The lowest BCUT2D eigenvalue weighted by atomic mass is 10.0. The molecule has 1 aliphatic rings. The molecule has 7 nitrogen and oxygen atoms in total. The van der Waals surface area contributed by atoms with Crippen LogP contribution in [0, 0.1) is 5.92 Å². The first-order valence-corrected chi connectivity index (χ1v) is 12.1. The van der Waals surface area contributed by atoms with Crippen molar-refractivity contribution in [3.63, 3.8) is 0 Å². The molecular formula is C22H26ClN3O4S. The molecule has 0 saturated carbocycles. The van der Waals surface area contributed by atoms with Gasteiger partial charge in [0.1, 0.15) is 6.04 Å². The van der Waals surface area contributed by atoms with Crippen LogP contribution in [0.5, 0.6) is 0 Å². The third kappa shape index (κ3) is 5.98. The number of carbonyl (C=O) groups is 2. The molecule has 1 aliphatic heterocycles. The summed E-state index contributed by atoms with van der Waals surface area (Å²) in [6.07, 6.45) is 1.07. The molecule has 0 spiro atoms. The van der Waals surface area contributed by atoms with Crippen LogP contribution in [0.1, 0.15) is 37.0 Å². The summed E-state index contributed by atoms with van der Waals surface area (Å²) >= 11 is 5.87. The Bertz CT molecular complexity index is 1040. The smallest absolute Gasteiger partial charge is 0.251 e. The van der Waals surface area contributed by atoms with Crippen LogP contribution in [0.25, 0.3) is 0 Å². The Labute approximate surface area is 187 Å². The standard InChI is InChI=1S/C22H26ClN3O4S/c1-15(2)14-20(25-21(27)16-4-6-17(23)7-5-16)22(28)24-18-8-10-19(11-9-18)26-12-3-13-31(26,29)30/h4-11,15,20H,3,12-14H2,1-2H3,(H,24,28)(H,25,27). The molecule has 3 rings (SSSR count). The quantitative estimate of drug-likeness (QED) is 0.654. The number of rotatable bonds is 7. The minimum Gasteiger partial charge on any atom is -0.340 e. The summed E-state index contributed by atoms with van der Waals surface area (Å²) < 4.78 is 25.5. The fourth-order valence-electron chi connectivity index (χ4n) is 3.42. The zero-order valence-corrected chi connectivity index (χ0v) is 19.0. The van der Waals surface area contributed by atoms with E-state index < -0.39 is 16.1 Å². The Hall–Kier alpha value is -2.58. The number of nitrogens with one attached hydrogen (secondary N) is 2. The van der Waals surface area contributed by atoms with Crippen molar-refractivity contribution in [1.82, 2.24) is 5.32 Å². The first kappa shape index (κ1) is 23.1. The summed E-state index contributed by atoms with van der Waals surface area (Å²) in [5.74, 6) is -0.357. The highest BCUT2D eigenvalue weighted by atomic mass is 35.5. The minimum atomic E-state index is -3.26. The van der Waals surface area contributed by atoms with Gasteiger partial charge in [0.15, 0.2) is 0 Å². The SMILES string of the molecule is CC(C)CC(NC(=O)c1ccc(Cl)cc1)C(=O)Nc1ccc(N2CCCS2(=O)=O)cc1. The van der Waals surface area contributed by atoms with Crippen LogP contribution in [-0.2, 0) is 14.8 Å². The summed E-state index contributed by atoms with van der Waals surface area (Å²) in [6.45, 7) is 4.40. The zero-order chi connectivity index (χ0) is 22.6. The van der Waals surface area contributed by atoms with Gasteiger partial charge >= 0.3 is 0 Å². The van der Waals surface area contributed by atoms with Crippen LogP contribution in [0.15, 0.2) is 48.5 Å². The lowest BCUT2D eigenvalue weighted by Crippen LogP contribution is -2.44. The minimum absolute atomic E-state index is 0.148. The molecular weight excluding hydrogens is 438 g/mol. The van der Waals surface area contributed by atoms with Crippen molar-refractivity contribution in [3.05, 3.63) is 59.1 Å². The highest BCUT2D eigenvalue weighted by Crippen LogP contribution is 2.25. The van der Waals surface area contributed by atoms with Crippen molar-refractivity contribution in [1.29, 1.82) is 0 Å². The van der Waals surface area contributed by atoms with Crippen molar-refractivity contribution in [2.45, 2.75) is 32.7 Å². The van der Waals surface area contributed by atoms with Crippen LogP contribution in [0.2, 0.25) is 5.02 Å². The lowest BCUT2D eigenvalue weighted by molar-refractivity contribution is -0.118. The highest BCUT2D eigenvalue weighted by Gasteiger charge is 2.28. The molecule has 166 valence electrons. The maximum absolute atomic E-state index is 12.9. The van der Waals surface area contributed by atoms with E-state index in [1.165, 1.54) is 4.31 Å². The number of carbonyl (C=O) groups excluding carboxylic acids is 2. The van der Waals surface area contributed by atoms with Gasteiger partial charge in [-0.25, -0.2) is 8.42 Å². The molecule has 0 radical (unpaired) electrons. The van der Waals surface area contributed by atoms with Gasteiger partial charge in [-0.3, -0.25) is 13.9 Å². The average molecular weight is 464 g/mol. The summed E-state index contributed by atoms with van der Waals surface area (Å²) in [4.78, 5) is 25.4. The number of benzene rings is 2. The van der Waals surface area contributed by atoms with Gasteiger partial charge in [0.2, 0.25) is 15.9 Å². The molecule has 2 aromatic rings. The third-order valence-corrected chi connectivity index (χ3v) is 7.08. The van der Waals surface area contributed by atoms with E-state index in [2.05, 4.69) is 10.6 Å². The van der Waals surface area contributed by atoms with Gasteiger partial charge in [-0.05, 0) is 67.3 Å². The predicted octanol–water partition coefficient (Wildman–Crippen LogP) is 3.66. The Kier molecular flexibility index (Phi) is 7.23. The van der Waals surface area contributed by atoms with Crippen LogP contribution in [0.4, 0.5) is 11.4 Å². The van der Waals surface area contributed by atoms with Crippen molar-refractivity contribution in [2.75, 3.05) is 21.9 Å². The number of hydrogen-bond acceptors (Lipinski definition) is 4. The fraction of sp³-hybridized carbons (Fsp3) is 0.364. The van der Waals surface area contributed by atoms with Gasteiger partial charge in [0, 0.05) is 22.8 Å². The topological polar surface area (TPSA) is 95.6 Å².